The third-order valence-electron chi connectivity index (χ3n) is 3.55. The van der Waals surface area contributed by atoms with Gasteiger partial charge < -0.3 is 9.64 Å². The number of methoxy groups -OCH3 is 1. The molecule has 1 fully saturated rings. The second kappa shape index (κ2) is 13.7. The number of carbonyl (C=O) groups is 1. The quantitative estimate of drug-likeness (QED) is 0.732. The van der Waals surface area contributed by atoms with Crippen LogP contribution in [0.15, 0.2) is 24.3 Å². The fraction of sp³-hybridized carbons (Fsp3) is 0.611. The molecule has 5 heteroatoms. The van der Waals surface area contributed by atoms with E-state index in [1.54, 1.807) is 0 Å². The highest BCUT2D eigenvalue weighted by atomic mass is 35.5. The largest absolute Gasteiger partial charge is 0.468 e. The van der Waals surface area contributed by atoms with Crippen LogP contribution in [0, 0.1) is 0 Å². The molecule has 0 radical (unpaired) electrons. The molecule has 0 atom stereocenters. The average Bonchev–Trinajstić information content (AvgIpc) is 2.59. The molecular weight excluding hydrogens is 330 g/mol. The van der Waals surface area contributed by atoms with Gasteiger partial charge in [0.25, 0.3) is 0 Å². The molecule has 0 unspecified atom stereocenters. The van der Waals surface area contributed by atoms with Crippen molar-refractivity contribution < 1.29 is 9.53 Å². The Balaban J connectivity index is 0.000000460. The van der Waals surface area contributed by atoms with Crippen molar-refractivity contribution >= 4 is 29.3 Å². The van der Waals surface area contributed by atoms with E-state index in [0.29, 0.717) is 5.75 Å². The van der Waals surface area contributed by atoms with Crippen molar-refractivity contribution in [3.05, 3.63) is 34.9 Å². The number of thioether (sulfide) groups is 1. The second-order valence-corrected chi connectivity index (χ2v) is 6.44. The predicted molar refractivity (Wildman–Crippen MR) is 103 cm³/mol. The van der Waals surface area contributed by atoms with Crippen molar-refractivity contribution in [1.82, 2.24) is 4.90 Å². The van der Waals surface area contributed by atoms with E-state index in [1.165, 1.54) is 50.4 Å². The summed E-state index contributed by atoms with van der Waals surface area (Å²) in [5, 5.41) is 0.835. The van der Waals surface area contributed by atoms with Crippen molar-refractivity contribution in [2.24, 2.45) is 0 Å². The van der Waals surface area contributed by atoms with Gasteiger partial charge in [-0.1, -0.05) is 37.6 Å². The summed E-state index contributed by atoms with van der Waals surface area (Å²) in [6.45, 7) is 6.43. The Kier molecular flexibility index (Phi) is 13.3. The Morgan fingerprint density at radius 2 is 1.78 bits per heavy atom. The maximum Gasteiger partial charge on any atom is 0.315 e. The number of nitrogens with zero attached hydrogens (tertiary/aromatic N) is 1. The lowest BCUT2D eigenvalue weighted by Crippen LogP contribution is -2.29. The van der Waals surface area contributed by atoms with Gasteiger partial charge in [0.1, 0.15) is 0 Å². The molecule has 1 aliphatic rings. The normalized spacial score (nSPS) is 14.9. The lowest BCUT2D eigenvalue weighted by molar-refractivity contribution is -0.137. The van der Waals surface area contributed by atoms with Gasteiger partial charge in [-0.05, 0) is 62.8 Å². The first-order chi connectivity index (χ1) is 11.1. The zero-order chi connectivity index (χ0) is 17.7. The third-order valence-corrected chi connectivity index (χ3v) is 4.33. The van der Waals surface area contributed by atoms with Crippen molar-refractivity contribution in [3.63, 3.8) is 0 Å². The highest BCUT2D eigenvalue weighted by molar-refractivity contribution is 7.99. The summed E-state index contributed by atoms with van der Waals surface area (Å²) in [5.41, 5.74) is 1.45. The number of hydrogen-bond donors (Lipinski definition) is 0. The molecule has 0 saturated carbocycles. The first-order valence-electron chi connectivity index (χ1n) is 8.06. The van der Waals surface area contributed by atoms with E-state index in [4.69, 9.17) is 11.6 Å². The molecule has 1 saturated heterocycles. The monoisotopic (exact) mass is 359 g/mol. The van der Waals surface area contributed by atoms with Crippen LogP contribution < -0.4 is 0 Å². The molecule has 0 N–H and O–H groups in total. The number of rotatable bonds is 3. The molecule has 0 aliphatic carbocycles. The lowest BCUT2D eigenvalue weighted by Gasteiger charge is -2.29. The molecular formula is C18H30ClNO2S. The smallest absolute Gasteiger partial charge is 0.315 e. The Labute approximate surface area is 150 Å². The molecule has 0 spiro atoms. The van der Waals surface area contributed by atoms with Crippen LogP contribution in [0.1, 0.15) is 38.2 Å². The Morgan fingerprint density at radius 1 is 1.26 bits per heavy atom. The minimum Gasteiger partial charge on any atom is -0.468 e. The molecule has 2 rings (SSSR count). The predicted octanol–water partition coefficient (Wildman–Crippen LogP) is 4.70. The molecule has 0 aromatic heterocycles. The number of halogens is 1. The van der Waals surface area contributed by atoms with E-state index in [2.05, 4.69) is 28.8 Å². The maximum atomic E-state index is 10.2. The number of benzene rings is 1. The molecule has 3 nitrogen and oxygen atoms in total. The lowest BCUT2D eigenvalue weighted by atomic mass is 9.90. The molecule has 132 valence electrons. The van der Waals surface area contributed by atoms with Gasteiger partial charge in [0.2, 0.25) is 0 Å². The van der Waals surface area contributed by atoms with Gasteiger partial charge in [-0.15, -0.1) is 0 Å². The first-order valence-corrected chi connectivity index (χ1v) is 9.83. The van der Waals surface area contributed by atoms with E-state index < -0.39 is 0 Å². The average molecular weight is 360 g/mol. The van der Waals surface area contributed by atoms with Crippen molar-refractivity contribution in [1.29, 1.82) is 0 Å². The van der Waals surface area contributed by atoms with Gasteiger partial charge in [0.15, 0.2) is 0 Å². The number of esters is 1. The van der Waals surface area contributed by atoms with Crippen LogP contribution in [0.5, 0.6) is 0 Å². The van der Waals surface area contributed by atoms with Crippen LogP contribution >= 0.6 is 23.4 Å². The Bertz CT molecular complexity index is 418. The summed E-state index contributed by atoms with van der Waals surface area (Å²) in [7, 11) is 3.58. The SMILES string of the molecule is CC.CN1CCC(c2ccc(Cl)cc2)CC1.COC(=O)CSC. The van der Waals surface area contributed by atoms with Crippen LogP contribution in [-0.2, 0) is 9.53 Å². The zero-order valence-electron chi connectivity index (χ0n) is 15.0. The molecule has 1 aliphatic heterocycles. The summed E-state index contributed by atoms with van der Waals surface area (Å²) in [6.07, 6.45) is 4.41. The first kappa shape index (κ1) is 22.3. The topological polar surface area (TPSA) is 29.5 Å². The summed E-state index contributed by atoms with van der Waals surface area (Å²) < 4.78 is 4.33. The van der Waals surface area contributed by atoms with Crippen LogP contribution in [-0.4, -0.2) is 50.1 Å². The van der Waals surface area contributed by atoms with Crippen molar-refractivity contribution in [2.45, 2.75) is 32.6 Å². The van der Waals surface area contributed by atoms with E-state index >= 15 is 0 Å². The highest BCUT2D eigenvalue weighted by Crippen LogP contribution is 2.28. The van der Waals surface area contributed by atoms with Crippen molar-refractivity contribution in [2.75, 3.05) is 39.3 Å². The molecule has 1 aromatic rings. The number of likely N-dealkylation sites (tertiary alicyclic amines) is 1. The minimum atomic E-state index is -0.160. The van der Waals surface area contributed by atoms with Crippen molar-refractivity contribution in [3.8, 4) is 0 Å². The van der Waals surface area contributed by atoms with Crippen LogP contribution in [0.2, 0.25) is 5.02 Å². The molecule has 0 amide bonds. The standard InChI is InChI=1S/C12H16ClN.C4H8O2S.C2H6/c1-14-8-6-11(7-9-14)10-2-4-12(13)5-3-10;1-6-4(5)3-7-2;1-2/h2-5,11H,6-9H2,1H3;3H2,1-2H3;1-2H3. The number of carbonyl (C=O) groups excluding carboxylic acids is 1. The van der Waals surface area contributed by atoms with Crippen LogP contribution in [0.3, 0.4) is 0 Å². The van der Waals surface area contributed by atoms with Crippen LogP contribution in [0.25, 0.3) is 0 Å². The van der Waals surface area contributed by atoms with Crippen LogP contribution in [0.4, 0.5) is 0 Å². The fourth-order valence-corrected chi connectivity index (χ4v) is 2.73. The van der Waals surface area contributed by atoms with E-state index in [1.807, 2.05) is 32.2 Å². The number of ether oxygens (including phenoxy) is 1. The van der Waals surface area contributed by atoms with Gasteiger partial charge in [-0.3, -0.25) is 4.79 Å². The van der Waals surface area contributed by atoms with E-state index in [0.717, 1.165) is 10.9 Å². The summed E-state index contributed by atoms with van der Waals surface area (Å²) in [5.74, 6) is 1.03. The summed E-state index contributed by atoms with van der Waals surface area (Å²) in [4.78, 5) is 12.6. The Hall–Kier alpha value is -0.710. The Morgan fingerprint density at radius 3 is 2.17 bits per heavy atom. The number of hydrogen-bond acceptors (Lipinski definition) is 4. The van der Waals surface area contributed by atoms with E-state index in [9.17, 15) is 4.79 Å². The third kappa shape index (κ3) is 9.90. The summed E-state index contributed by atoms with van der Waals surface area (Å²) in [6, 6.07) is 8.32. The van der Waals surface area contributed by atoms with Gasteiger partial charge in [-0.2, -0.15) is 11.8 Å². The van der Waals surface area contributed by atoms with Gasteiger partial charge in [0.05, 0.1) is 12.9 Å². The minimum absolute atomic E-state index is 0.160. The van der Waals surface area contributed by atoms with Gasteiger partial charge >= 0.3 is 5.97 Å². The van der Waals surface area contributed by atoms with E-state index in [-0.39, 0.29) is 5.97 Å². The molecule has 1 heterocycles. The fourth-order valence-electron chi connectivity index (χ4n) is 2.25. The molecule has 1 aromatic carbocycles. The van der Waals surface area contributed by atoms with Gasteiger partial charge in [0, 0.05) is 5.02 Å². The molecule has 0 bridgehead atoms. The molecule has 23 heavy (non-hydrogen) atoms. The second-order valence-electron chi connectivity index (χ2n) is 5.14. The highest BCUT2D eigenvalue weighted by Gasteiger charge is 2.17. The van der Waals surface area contributed by atoms with Gasteiger partial charge in [-0.25, -0.2) is 0 Å². The number of piperidine rings is 1. The summed E-state index contributed by atoms with van der Waals surface area (Å²) >= 11 is 7.33. The maximum absolute atomic E-state index is 10.2. The zero-order valence-corrected chi connectivity index (χ0v) is 16.5.